The van der Waals surface area contributed by atoms with E-state index in [1.165, 1.54) is 0 Å². The largest absolute Gasteiger partial charge is 0.381 e. The molecule has 0 bridgehead atoms. The number of amides is 1. The van der Waals surface area contributed by atoms with Gasteiger partial charge in [0.25, 0.3) is 5.91 Å². The fourth-order valence-electron chi connectivity index (χ4n) is 1.62. The van der Waals surface area contributed by atoms with Crippen molar-refractivity contribution in [1.82, 2.24) is 5.32 Å². The highest BCUT2D eigenvalue weighted by Gasteiger charge is 2.03. The van der Waals surface area contributed by atoms with Crippen molar-refractivity contribution in [3.63, 3.8) is 0 Å². The zero-order valence-electron chi connectivity index (χ0n) is 12.1. The molecule has 0 spiro atoms. The third kappa shape index (κ3) is 7.48. The molecule has 0 aliphatic carbocycles. The van der Waals surface area contributed by atoms with Crippen LogP contribution in [0.1, 0.15) is 42.1 Å². The molecule has 0 fully saturated rings. The van der Waals surface area contributed by atoms with E-state index in [1.54, 1.807) is 12.1 Å². The van der Waals surface area contributed by atoms with Gasteiger partial charge < -0.3 is 15.8 Å². The summed E-state index contributed by atoms with van der Waals surface area (Å²) in [5.41, 5.74) is 7.21. The van der Waals surface area contributed by atoms with E-state index in [-0.39, 0.29) is 18.3 Å². The molecule has 0 aliphatic rings. The lowest BCUT2D eigenvalue weighted by molar-refractivity contribution is 0.0940. The summed E-state index contributed by atoms with van der Waals surface area (Å²) >= 11 is 0. The molecule has 114 valence electrons. The summed E-state index contributed by atoms with van der Waals surface area (Å²) in [6, 6.07) is 7.36. The molecule has 0 radical (unpaired) electrons. The Bertz CT molecular complexity index is 369. The van der Waals surface area contributed by atoms with Crippen LogP contribution in [0.15, 0.2) is 24.3 Å². The van der Waals surface area contributed by atoms with Crippen LogP contribution >= 0.6 is 12.4 Å². The van der Waals surface area contributed by atoms with Crippen LogP contribution in [0, 0.1) is 0 Å². The first kappa shape index (κ1) is 18.9. The minimum absolute atomic E-state index is 0. The third-order valence-corrected chi connectivity index (χ3v) is 2.85. The molecule has 1 amide bonds. The van der Waals surface area contributed by atoms with Crippen LogP contribution in [0.2, 0.25) is 0 Å². The Morgan fingerprint density at radius 2 is 1.85 bits per heavy atom. The summed E-state index contributed by atoms with van der Waals surface area (Å²) in [7, 11) is 0. The lowest BCUT2D eigenvalue weighted by Gasteiger charge is -2.06. The number of hydrogen-bond donors (Lipinski definition) is 2. The van der Waals surface area contributed by atoms with Crippen molar-refractivity contribution in [3.8, 4) is 0 Å². The van der Waals surface area contributed by atoms with Gasteiger partial charge in [0.15, 0.2) is 0 Å². The number of carbonyl (C=O) groups is 1. The zero-order valence-corrected chi connectivity index (χ0v) is 12.9. The Morgan fingerprint density at radius 1 is 1.20 bits per heavy atom. The van der Waals surface area contributed by atoms with E-state index in [4.69, 9.17) is 10.5 Å². The lowest BCUT2D eigenvalue weighted by atomic mass is 10.1. The summed E-state index contributed by atoms with van der Waals surface area (Å²) in [5.74, 6) is -0.0443. The highest BCUT2D eigenvalue weighted by Crippen LogP contribution is 2.03. The number of benzene rings is 1. The summed E-state index contributed by atoms with van der Waals surface area (Å²) < 4.78 is 5.43. The second kappa shape index (κ2) is 11.7. The Balaban J connectivity index is 0.00000361. The number of rotatable bonds is 9. The molecule has 0 atom stereocenters. The fraction of sp³-hybridized carbons (Fsp3) is 0.533. The molecule has 0 saturated carbocycles. The Kier molecular flexibility index (Phi) is 11.1. The molecule has 3 N–H and O–H groups in total. The first-order chi connectivity index (χ1) is 9.27. The number of ether oxygens (including phenoxy) is 1. The molecule has 0 unspecified atom stereocenters. The van der Waals surface area contributed by atoms with Gasteiger partial charge in [-0.3, -0.25) is 4.79 Å². The summed E-state index contributed by atoms with van der Waals surface area (Å²) in [6.45, 7) is 4.79. The van der Waals surface area contributed by atoms with Crippen molar-refractivity contribution >= 4 is 18.3 Å². The molecule has 1 rings (SSSR count). The Hall–Kier alpha value is -1.10. The van der Waals surface area contributed by atoms with Gasteiger partial charge in [0.2, 0.25) is 0 Å². The molecule has 4 nitrogen and oxygen atoms in total. The van der Waals surface area contributed by atoms with Gasteiger partial charge in [0, 0.05) is 31.9 Å². The minimum Gasteiger partial charge on any atom is -0.381 e. The lowest BCUT2D eigenvalue weighted by Crippen LogP contribution is -2.25. The highest BCUT2D eigenvalue weighted by atomic mass is 35.5. The van der Waals surface area contributed by atoms with Crippen LogP contribution in [0.5, 0.6) is 0 Å². The molecule has 20 heavy (non-hydrogen) atoms. The minimum atomic E-state index is -0.0443. The molecule has 0 aromatic heterocycles. The van der Waals surface area contributed by atoms with Crippen molar-refractivity contribution < 1.29 is 9.53 Å². The van der Waals surface area contributed by atoms with Gasteiger partial charge in [-0.15, -0.1) is 12.4 Å². The van der Waals surface area contributed by atoms with Gasteiger partial charge >= 0.3 is 0 Å². The monoisotopic (exact) mass is 300 g/mol. The molecule has 0 heterocycles. The molecule has 1 aromatic carbocycles. The van der Waals surface area contributed by atoms with Gasteiger partial charge in [-0.25, -0.2) is 0 Å². The Morgan fingerprint density at radius 3 is 2.45 bits per heavy atom. The number of nitrogens with two attached hydrogens (primary N) is 1. The van der Waals surface area contributed by atoms with E-state index in [0.717, 1.165) is 31.4 Å². The van der Waals surface area contributed by atoms with Gasteiger partial charge in [-0.2, -0.15) is 0 Å². The number of unbranched alkanes of at least 4 members (excludes halogenated alkanes) is 1. The normalized spacial score (nSPS) is 9.90. The van der Waals surface area contributed by atoms with E-state index in [2.05, 4.69) is 12.2 Å². The van der Waals surface area contributed by atoms with Crippen LogP contribution in [0.3, 0.4) is 0 Å². The van der Waals surface area contributed by atoms with E-state index < -0.39 is 0 Å². The molecule has 0 saturated heterocycles. The number of halogens is 1. The highest BCUT2D eigenvalue weighted by molar-refractivity contribution is 5.94. The number of hydrogen-bond acceptors (Lipinski definition) is 3. The van der Waals surface area contributed by atoms with E-state index in [0.29, 0.717) is 25.3 Å². The quantitative estimate of drug-likeness (QED) is 0.689. The predicted octanol–water partition coefficient (Wildman–Crippen LogP) is 2.50. The number of carbonyl (C=O) groups excluding carboxylic acids is 1. The molecular formula is C15H25ClN2O2. The second-order valence-electron chi connectivity index (χ2n) is 4.48. The predicted molar refractivity (Wildman–Crippen MR) is 84.3 cm³/mol. The van der Waals surface area contributed by atoms with E-state index in [9.17, 15) is 4.79 Å². The van der Waals surface area contributed by atoms with Crippen molar-refractivity contribution in [1.29, 1.82) is 0 Å². The fourth-order valence-corrected chi connectivity index (χ4v) is 1.62. The molecule has 1 aromatic rings. The Labute approximate surface area is 127 Å². The van der Waals surface area contributed by atoms with Crippen molar-refractivity contribution in [2.45, 2.75) is 32.7 Å². The van der Waals surface area contributed by atoms with E-state index >= 15 is 0 Å². The molecule has 0 aliphatic heterocycles. The average Bonchev–Trinajstić information content (AvgIpc) is 2.46. The SMILES string of the molecule is CCCCOCCCNC(=O)c1ccc(CN)cc1.Cl. The summed E-state index contributed by atoms with van der Waals surface area (Å²) in [5, 5.41) is 2.88. The van der Waals surface area contributed by atoms with Gasteiger partial charge in [-0.1, -0.05) is 25.5 Å². The zero-order chi connectivity index (χ0) is 13.9. The maximum absolute atomic E-state index is 11.8. The van der Waals surface area contributed by atoms with Gasteiger partial charge in [0.1, 0.15) is 0 Å². The first-order valence-electron chi connectivity index (χ1n) is 6.93. The topological polar surface area (TPSA) is 64.3 Å². The molecule has 5 heteroatoms. The molecular weight excluding hydrogens is 276 g/mol. The van der Waals surface area contributed by atoms with Crippen molar-refractivity contribution in [2.24, 2.45) is 5.73 Å². The smallest absolute Gasteiger partial charge is 0.251 e. The van der Waals surface area contributed by atoms with Crippen LogP contribution in [0.25, 0.3) is 0 Å². The number of nitrogens with one attached hydrogen (secondary N) is 1. The van der Waals surface area contributed by atoms with Gasteiger partial charge in [-0.05, 0) is 30.5 Å². The van der Waals surface area contributed by atoms with E-state index in [1.807, 2.05) is 12.1 Å². The second-order valence-corrected chi connectivity index (χ2v) is 4.48. The van der Waals surface area contributed by atoms with Crippen molar-refractivity contribution in [3.05, 3.63) is 35.4 Å². The summed E-state index contributed by atoms with van der Waals surface area (Å²) in [4.78, 5) is 11.8. The standard InChI is InChI=1S/C15H24N2O2.ClH/c1-2-3-10-19-11-4-9-17-15(18)14-7-5-13(12-16)6-8-14;/h5-8H,2-4,9-12,16H2,1H3,(H,17,18);1H. The third-order valence-electron chi connectivity index (χ3n) is 2.85. The van der Waals surface area contributed by atoms with Crippen LogP contribution in [-0.2, 0) is 11.3 Å². The van der Waals surface area contributed by atoms with Gasteiger partial charge in [0.05, 0.1) is 0 Å². The van der Waals surface area contributed by atoms with Crippen LogP contribution in [0.4, 0.5) is 0 Å². The van der Waals surface area contributed by atoms with Crippen molar-refractivity contribution in [2.75, 3.05) is 19.8 Å². The van der Waals surface area contributed by atoms with Crippen LogP contribution < -0.4 is 11.1 Å². The maximum atomic E-state index is 11.8. The average molecular weight is 301 g/mol. The maximum Gasteiger partial charge on any atom is 0.251 e. The first-order valence-corrected chi connectivity index (χ1v) is 6.93. The summed E-state index contributed by atoms with van der Waals surface area (Å²) in [6.07, 6.45) is 3.09. The van der Waals surface area contributed by atoms with Crippen LogP contribution in [-0.4, -0.2) is 25.7 Å².